The van der Waals surface area contributed by atoms with Crippen molar-refractivity contribution in [3.05, 3.63) is 52.0 Å². The number of aromatic nitrogens is 1. The molecule has 2 saturated heterocycles. The van der Waals surface area contributed by atoms with Crippen LogP contribution in [0.25, 0.3) is 0 Å². The molecule has 2 aliphatic rings. The van der Waals surface area contributed by atoms with E-state index in [0.717, 1.165) is 50.4 Å². The van der Waals surface area contributed by atoms with Crippen molar-refractivity contribution in [3.8, 4) is 0 Å². The average molecular weight is 356 g/mol. The highest BCUT2D eigenvalue weighted by atomic mass is 32.1. The van der Waals surface area contributed by atoms with Crippen LogP contribution in [-0.4, -0.2) is 39.3 Å². The molecule has 3 heterocycles. The molecule has 0 saturated carbocycles. The fourth-order valence-electron chi connectivity index (χ4n) is 4.25. The van der Waals surface area contributed by atoms with Gasteiger partial charge in [-0.2, -0.15) is 0 Å². The Labute approximate surface area is 153 Å². The monoisotopic (exact) mass is 355 g/mol. The second-order valence-electron chi connectivity index (χ2n) is 7.32. The van der Waals surface area contributed by atoms with Gasteiger partial charge in [0.1, 0.15) is 0 Å². The molecule has 0 bridgehead atoms. The van der Waals surface area contributed by atoms with Gasteiger partial charge in [0.05, 0.1) is 10.7 Å². The molecule has 0 N–H and O–H groups in total. The van der Waals surface area contributed by atoms with Gasteiger partial charge in [-0.05, 0) is 31.7 Å². The van der Waals surface area contributed by atoms with Crippen molar-refractivity contribution in [2.75, 3.05) is 13.1 Å². The Morgan fingerprint density at radius 1 is 1.12 bits per heavy atom. The highest BCUT2D eigenvalue weighted by Crippen LogP contribution is 2.40. The van der Waals surface area contributed by atoms with Crippen molar-refractivity contribution < 1.29 is 4.79 Å². The van der Waals surface area contributed by atoms with Crippen LogP contribution in [0.4, 0.5) is 0 Å². The molecule has 2 fully saturated rings. The van der Waals surface area contributed by atoms with Crippen molar-refractivity contribution in [1.82, 2.24) is 14.8 Å². The predicted octanol–water partition coefficient (Wildman–Crippen LogP) is 3.61. The minimum absolute atomic E-state index is 0.0708. The van der Waals surface area contributed by atoms with E-state index in [1.54, 1.807) is 11.3 Å². The van der Waals surface area contributed by atoms with Crippen LogP contribution >= 0.6 is 11.3 Å². The number of likely N-dealkylation sites (tertiary alicyclic amines) is 2. The van der Waals surface area contributed by atoms with E-state index >= 15 is 0 Å². The second kappa shape index (κ2) is 6.89. The van der Waals surface area contributed by atoms with Gasteiger partial charge < -0.3 is 4.90 Å². The van der Waals surface area contributed by atoms with Crippen molar-refractivity contribution in [2.45, 2.75) is 51.2 Å². The molecular weight excluding hydrogens is 330 g/mol. The first-order chi connectivity index (χ1) is 12.1. The Morgan fingerprint density at radius 2 is 1.88 bits per heavy atom. The van der Waals surface area contributed by atoms with Crippen LogP contribution in [0.15, 0.2) is 35.7 Å². The van der Waals surface area contributed by atoms with E-state index in [9.17, 15) is 4.79 Å². The van der Waals surface area contributed by atoms with Gasteiger partial charge in [-0.15, -0.1) is 11.3 Å². The lowest BCUT2D eigenvalue weighted by molar-refractivity contribution is -0.133. The summed E-state index contributed by atoms with van der Waals surface area (Å²) >= 11 is 1.72. The van der Waals surface area contributed by atoms with Crippen LogP contribution in [0.2, 0.25) is 0 Å². The second-order valence-corrected chi connectivity index (χ2v) is 8.39. The number of hydrogen-bond donors (Lipinski definition) is 0. The summed E-state index contributed by atoms with van der Waals surface area (Å²) in [7, 11) is 0. The van der Waals surface area contributed by atoms with Gasteiger partial charge in [-0.3, -0.25) is 9.69 Å². The Balaban J connectivity index is 1.42. The first kappa shape index (κ1) is 16.7. The van der Waals surface area contributed by atoms with Crippen LogP contribution in [0.1, 0.15) is 41.9 Å². The van der Waals surface area contributed by atoms with Gasteiger partial charge in [0, 0.05) is 43.5 Å². The van der Waals surface area contributed by atoms with Crippen molar-refractivity contribution >= 4 is 17.2 Å². The maximum absolute atomic E-state index is 12.5. The van der Waals surface area contributed by atoms with E-state index in [-0.39, 0.29) is 5.54 Å². The lowest BCUT2D eigenvalue weighted by Gasteiger charge is -2.45. The highest BCUT2D eigenvalue weighted by Gasteiger charge is 2.46. The summed E-state index contributed by atoms with van der Waals surface area (Å²) in [6, 6.07) is 10.4. The number of benzene rings is 1. The Kier molecular flexibility index (Phi) is 4.61. The number of carbonyl (C=O) groups is 1. The Morgan fingerprint density at radius 3 is 2.56 bits per heavy atom. The van der Waals surface area contributed by atoms with Crippen LogP contribution in [-0.2, 0) is 17.9 Å². The quantitative estimate of drug-likeness (QED) is 0.841. The van der Waals surface area contributed by atoms with Crippen LogP contribution in [0.5, 0.6) is 0 Å². The van der Waals surface area contributed by atoms with Crippen molar-refractivity contribution in [2.24, 2.45) is 0 Å². The summed E-state index contributed by atoms with van der Waals surface area (Å²) in [5, 5.41) is 3.31. The van der Waals surface area contributed by atoms with Crippen LogP contribution in [0.3, 0.4) is 0 Å². The first-order valence-corrected chi connectivity index (χ1v) is 10.0. The van der Waals surface area contributed by atoms with E-state index in [1.165, 1.54) is 11.3 Å². The van der Waals surface area contributed by atoms with E-state index in [0.29, 0.717) is 12.3 Å². The molecule has 2 aromatic rings. The molecule has 25 heavy (non-hydrogen) atoms. The number of aryl methyl sites for hydroxylation is 1. The average Bonchev–Trinajstić information content (AvgIpc) is 3.17. The van der Waals surface area contributed by atoms with Crippen LogP contribution in [0, 0.1) is 6.92 Å². The molecule has 1 aromatic heterocycles. The summed E-state index contributed by atoms with van der Waals surface area (Å²) in [4.78, 5) is 21.8. The van der Waals surface area contributed by atoms with Gasteiger partial charge in [0.25, 0.3) is 0 Å². The third kappa shape index (κ3) is 3.48. The zero-order chi connectivity index (χ0) is 17.3. The lowest BCUT2D eigenvalue weighted by atomic mass is 9.84. The first-order valence-electron chi connectivity index (χ1n) is 9.12. The number of hydrogen-bond acceptors (Lipinski definition) is 4. The van der Waals surface area contributed by atoms with E-state index in [1.807, 2.05) is 6.07 Å². The lowest BCUT2D eigenvalue weighted by Crippen LogP contribution is -2.52. The summed E-state index contributed by atoms with van der Waals surface area (Å²) < 4.78 is 0. The molecule has 5 heteroatoms. The van der Waals surface area contributed by atoms with E-state index < -0.39 is 0 Å². The number of amides is 1. The molecule has 1 amide bonds. The summed E-state index contributed by atoms with van der Waals surface area (Å²) in [5.74, 6) is 0.326. The molecule has 132 valence electrons. The van der Waals surface area contributed by atoms with E-state index in [4.69, 9.17) is 0 Å². The minimum atomic E-state index is 0.0708. The number of rotatable bonds is 4. The molecule has 0 radical (unpaired) electrons. The van der Waals surface area contributed by atoms with Gasteiger partial charge >= 0.3 is 0 Å². The molecule has 0 aliphatic carbocycles. The topological polar surface area (TPSA) is 36.4 Å². The normalized spacial score (nSPS) is 20.5. The Bertz CT molecular complexity index is 734. The molecule has 4 nitrogen and oxygen atoms in total. The number of thiazole rings is 1. The van der Waals surface area contributed by atoms with Gasteiger partial charge in [-0.1, -0.05) is 30.3 Å². The molecule has 4 rings (SSSR count). The number of piperidine rings is 1. The molecular formula is C20H25N3OS. The van der Waals surface area contributed by atoms with Crippen molar-refractivity contribution in [3.63, 3.8) is 0 Å². The molecule has 2 aliphatic heterocycles. The zero-order valence-electron chi connectivity index (χ0n) is 14.8. The number of nitrogens with zero attached hydrogens (tertiary/aromatic N) is 3. The highest BCUT2D eigenvalue weighted by molar-refractivity contribution is 7.09. The SMILES string of the molecule is Cc1nc(CN2CCC3(CCC(=O)N3Cc3ccccc3)CC2)cs1. The van der Waals surface area contributed by atoms with Gasteiger partial charge in [0.15, 0.2) is 0 Å². The fraction of sp³-hybridized carbons (Fsp3) is 0.500. The third-order valence-corrected chi connectivity index (χ3v) is 6.52. The summed E-state index contributed by atoms with van der Waals surface area (Å²) in [6.07, 6.45) is 3.88. The fourth-order valence-corrected chi connectivity index (χ4v) is 4.86. The third-order valence-electron chi connectivity index (χ3n) is 5.70. The minimum Gasteiger partial charge on any atom is -0.333 e. The maximum Gasteiger partial charge on any atom is 0.223 e. The largest absolute Gasteiger partial charge is 0.333 e. The maximum atomic E-state index is 12.5. The van der Waals surface area contributed by atoms with Gasteiger partial charge in [-0.25, -0.2) is 4.98 Å². The summed E-state index contributed by atoms with van der Waals surface area (Å²) in [6.45, 7) is 5.85. The molecule has 0 unspecified atom stereocenters. The predicted molar refractivity (Wildman–Crippen MR) is 100 cm³/mol. The van der Waals surface area contributed by atoms with Crippen LogP contribution < -0.4 is 0 Å². The molecule has 0 atom stereocenters. The summed E-state index contributed by atoms with van der Waals surface area (Å²) in [5.41, 5.74) is 2.49. The Hall–Kier alpha value is -1.72. The molecule has 1 aromatic carbocycles. The number of carbonyl (C=O) groups excluding carboxylic acids is 1. The van der Waals surface area contributed by atoms with Crippen molar-refractivity contribution in [1.29, 1.82) is 0 Å². The smallest absolute Gasteiger partial charge is 0.223 e. The zero-order valence-corrected chi connectivity index (χ0v) is 15.6. The van der Waals surface area contributed by atoms with E-state index in [2.05, 4.69) is 51.4 Å². The van der Waals surface area contributed by atoms with Gasteiger partial charge in [0.2, 0.25) is 5.91 Å². The molecule has 1 spiro atoms. The standard InChI is InChI=1S/C20H25N3OS/c1-16-21-18(15-25-16)14-22-11-9-20(10-12-22)8-7-19(24)23(20)13-17-5-3-2-4-6-17/h2-6,15H,7-14H2,1H3.